The molecule has 0 fully saturated rings. The maximum Gasteiger partial charge on any atom is -0.0100 e. The van der Waals surface area contributed by atoms with E-state index in [0.29, 0.717) is 0 Å². The van der Waals surface area contributed by atoms with Crippen LogP contribution in [0.4, 0.5) is 0 Å². The van der Waals surface area contributed by atoms with Crippen LogP contribution in [0, 0.1) is 5.92 Å². The topological polar surface area (TPSA) is 0 Å². The molecule has 2 rings (SSSR count). The molecule has 1 unspecified atom stereocenters. The largest absolute Gasteiger partial charge is 0.103 e. The van der Waals surface area contributed by atoms with E-state index in [1.54, 1.807) is 11.1 Å². The van der Waals surface area contributed by atoms with Crippen LogP contribution in [0.15, 0.2) is 43.5 Å². The van der Waals surface area contributed by atoms with Gasteiger partial charge in [-0.2, -0.15) is 0 Å². The van der Waals surface area contributed by atoms with Gasteiger partial charge in [0.25, 0.3) is 0 Å². The third kappa shape index (κ3) is 2.44. The molecule has 0 saturated carbocycles. The first-order chi connectivity index (χ1) is 7.83. The second-order valence-corrected chi connectivity index (χ2v) is 4.73. The van der Waals surface area contributed by atoms with Crippen LogP contribution in [0.2, 0.25) is 0 Å². The van der Waals surface area contributed by atoms with Crippen molar-refractivity contribution in [3.05, 3.63) is 60.2 Å². The van der Waals surface area contributed by atoms with E-state index >= 15 is 0 Å². The highest BCUT2D eigenvalue weighted by Gasteiger charge is 2.17. The SMILES string of the molecule is C=CCc1ccc2c(c1)CC(CC=C)CC2. The summed E-state index contributed by atoms with van der Waals surface area (Å²) < 4.78 is 0. The lowest BCUT2D eigenvalue weighted by molar-refractivity contribution is 0.464. The molecule has 1 aromatic carbocycles. The highest BCUT2D eigenvalue weighted by atomic mass is 14.2. The van der Waals surface area contributed by atoms with Crippen LogP contribution in [0.25, 0.3) is 0 Å². The van der Waals surface area contributed by atoms with Crippen molar-refractivity contribution in [2.24, 2.45) is 5.92 Å². The van der Waals surface area contributed by atoms with E-state index in [9.17, 15) is 0 Å². The minimum atomic E-state index is 0.809. The Hall–Kier alpha value is -1.30. The zero-order chi connectivity index (χ0) is 11.4. The maximum atomic E-state index is 3.84. The van der Waals surface area contributed by atoms with E-state index in [-0.39, 0.29) is 0 Å². The highest BCUT2D eigenvalue weighted by molar-refractivity contribution is 5.35. The van der Waals surface area contributed by atoms with Crippen molar-refractivity contribution in [1.29, 1.82) is 0 Å². The molecule has 84 valence electrons. The Kier molecular flexibility index (Phi) is 3.61. The van der Waals surface area contributed by atoms with Crippen LogP contribution in [0.3, 0.4) is 0 Å². The Morgan fingerprint density at radius 2 is 2.06 bits per heavy atom. The van der Waals surface area contributed by atoms with Gasteiger partial charge in [-0.3, -0.25) is 0 Å². The Morgan fingerprint density at radius 3 is 2.81 bits per heavy atom. The molecule has 0 radical (unpaired) electrons. The summed E-state index contributed by atoms with van der Waals surface area (Å²) >= 11 is 0. The first-order valence-electron chi connectivity index (χ1n) is 6.16. The fourth-order valence-electron chi connectivity index (χ4n) is 2.62. The van der Waals surface area contributed by atoms with E-state index in [1.807, 2.05) is 6.08 Å². The Balaban J connectivity index is 2.17. The first-order valence-corrected chi connectivity index (χ1v) is 6.16. The Labute approximate surface area is 98.7 Å². The standard InChI is InChI=1S/C16H20/c1-3-5-13-7-9-15-10-8-14(6-4-2)12-16(15)11-13/h3-4,7,9,11,14H,1-2,5-6,8,10,12H2. The molecule has 0 aliphatic heterocycles. The molecule has 0 nitrogen and oxygen atoms in total. The zero-order valence-electron chi connectivity index (χ0n) is 9.91. The Bertz CT molecular complexity index is 387. The number of aryl methyl sites for hydroxylation is 1. The number of hydrogen-bond acceptors (Lipinski definition) is 0. The summed E-state index contributed by atoms with van der Waals surface area (Å²) in [6, 6.07) is 6.92. The van der Waals surface area contributed by atoms with Crippen molar-refractivity contribution in [2.45, 2.75) is 32.1 Å². The van der Waals surface area contributed by atoms with E-state index < -0.39 is 0 Å². The Morgan fingerprint density at radius 1 is 1.19 bits per heavy atom. The van der Waals surface area contributed by atoms with Crippen molar-refractivity contribution < 1.29 is 0 Å². The molecule has 1 aliphatic carbocycles. The van der Waals surface area contributed by atoms with Gasteiger partial charge in [0.15, 0.2) is 0 Å². The van der Waals surface area contributed by atoms with Crippen molar-refractivity contribution in [2.75, 3.05) is 0 Å². The van der Waals surface area contributed by atoms with Crippen LogP contribution in [-0.4, -0.2) is 0 Å². The molecule has 0 spiro atoms. The zero-order valence-corrected chi connectivity index (χ0v) is 9.91. The predicted octanol–water partition coefficient (Wildman–Crippen LogP) is 4.10. The van der Waals surface area contributed by atoms with Crippen molar-refractivity contribution in [3.63, 3.8) is 0 Å². The molecule has 1 atom stereocenters. The number of fused-ring (bicyclic) bond motifs is 1. The highest BCUT2D eigenvalue weighted by Crippen LogP contribution is 2.28. The summed E-state index contributed by atoms with van der Waals surface area (Å²) in [5, 5.41) is 0. The van der Waals surface area contributed by atoms with Crippen LogP contribution in [0.5, 0.6) is 0 Å². The van der Waals surface area contributed by atoms with Crippen LogP contribution < -0.4 is 0 Å². The van der Waals surface area contributed by atoms with Crippen molar-refractivity contribution in [1.82, 2.24) is 0 Å². The summed E-state index contributed by atoms with van der Waals surface area (Å²) in [4.78, 5) is 0. The number of rotatable bonds is 4. The molecule has 0 saturated heterocycles. The van der Waals surface area contributed by atoms with E-state index in [2.05, 4.69) is 37.4 Å². The molecule has 1 aliphatic rings. The molecular formula is C16H20. The molecule has 0 bridgehead atoms. The lowest BCUT2D eigenvalue weighted by Gasteiger charge is -2.24. The molecule has 1 aromatic rings. The third-order valence-electron chi connectivity index (χ3n) is 3.48. The number of allylic oxidation sites excluding steroid dienone is 2. The molecule has 0 heterocycles. The van der Waals surface area contributed by atoms with Gasteiger partial charge in [0.05, 0.1) is 0 Å². The molecule has 0 aromatic heterocycles. The number of hydrogen-bond donors (Lipinski definition) is 0. The van der Waals surface area contributed by atoms with Crippen LogP contribution >= 0.6 is 0 Å². The third-order valence-corrected chi connectivity index (χ3v) is 3.48. The van der Waals surface area contributed by atoms with Crippen LogP contribution in [0.1, 0.15) is 29.5 Å². The molecule has 0 N–H and O–H groups in total. The average molecular weight is 212 g/mol. The summed E-state index contributed by atoms with van der Waals surface area (Å²) in [5.41, 5.74) is 4.50. The fourth-order valence-corrected chi connectivity index (χ4v) is 2.62. The maximum absolute atomic E-state index is 3.84. The summed E-state index contributed by atoms with van der Waals surface area (Å²) in [7, 11) is 0. The first kappa shape index (κ1) is 11.2. The van der Waals surface area contributed by atoms with E-state index in [4.69, 9.17) is 0 Å². The lowest BCUT2D eigenvalue weighted by Crippen LogP contribution is -2.13. The monoisotopic (exact) mass is 212 g/mol. The van der Waals surface area contributed by atoms with Gasteiger partial charge < -0.3 is 0 Å². The summed E-state index contributed by atoms with van der Waals surface area (Å²) in [6.07, 6.45) is 9.97. The van der Waals surface area contributed by atoms with Gasteiger partial charge in [-0.15, -0.1) is 13.2 Å². The molecule has 16 heavy (non-hydrogen) atoms. The molecular weight excluding hydrogens is 192 g/mol. The van der Waals surface area contributed by atoms with Gasteiger partial charge in [0.1, 0.15) is 0 Å². The van der Waals surface area contributed by atoms with Gasteiger partial charge in [0, 0.05) is 0 Å². The van der Waals surface area contributed by atoms with Gasteiger partial charge in [-0.05, 0) is 54.7 Å². The quantitative estimate of drug-likeness (QED) is 0.659. The summed E-state index contributed by atoms with van der Waals surface area (Å²) in [5.74, 6) is 0.809. The number of benzene rings is 1. The second-order valence-electron chi connectivity index (χ2n) is 4.73. The predicted molar refractivity (Wildman–Crippen MR) is 70.7 cm³/mol. The lowest BCUT2D eigenvalue weighted by atomic mass is 9.81. The fraction of sp³-hybridized carbons (Fsp3) is 0.375. The van der Waals surface area contributed by atoms with Crippen molar-refractivity contribution >= 4 is 0 Å². The van der Waals surface area contributed by atoms with Gasteiger partial charge >= 0.3 is 0 Å². The molecule has 0 amide bonds. The smallest absolute Gasteiger partial charge is 0.0100 e. The van der Waals surface area contributed by atoms with Gasteiger partial charge in [0.2, 0.25) is 0 Å². The van der Waals surface area contributed by atoms with E-state index in [1.165, 1.54) is 24.8 Å². The second kappa shape index (κ2) is 5.16. The minimum absolute atomic E-state index is 0.809. The summed E-state index contributed by atoms with van der Waals surface area (Å²) in [6.45, 7) is 7.64. The van der Waals surface area contributed by atoms with Gasteiger partial charge in [-0.25, -0.2) is 0 Å². The average Bonchev–Trinajstić information content (AvgIpc) is 2.29. The molecule has 0 heteroatoms. The normalized spacial score (nSPS) is 18.9. The van der Waals surface area contributed by atoms with Crippen LogP contribution in [-0.2, 0) is 19.3 Å². The van der Waals surface area contributed by atoms with Gasteiger partial charge in [-0.1, -0.05) is 30.4 Å². The minimum Gasteiger partial charge on any atom is -0.103 e. The van der Waals surface area contributed by atoms with E-state index in [0.717, 1.165) is 18.8 Å². The van der Waals surface area contributed by atoms with Crippen molar-refractivity contribution in [3.8, 4) is 0 Å².